The summed E-state index contributed by atoms with van der Waals surface area (Å²) < 4.78 is 61.6. The highest BCUT2D eigenvalue weighted by molar-refractivity contribution is 7.89. The van der Waals surface area contributed by atoms with Gasteiger partial charge in [0.15, 0.2) is 0 Å². The number of sulfonamides is 2. The first-order valence-electron chi connectivity index (χ1n) is 11.1. The van der Waals surface area contributed by atoms with E-state index in [1.807, 2.05) is 19.9 Å². The second-order valence-corrected chi connectivity index (χ2v) is 12.7. The minimum atomic E-state index is -4.10. The number of benzene rings is 3. The molecule has 0 N–H and O–H groups in total. The van der Waals surface area contributed by atoms with E-state index in [0.717, 1.165) is 11.1 Å². The number of hydrogen-bond acceptors (Lipinski definition) is 6. The van der Waals surface area contributed by atoms with Crippen LogP contribution >= 0.6 is 11.6 Å². The minimum absolute atomic E-state index is 0.00292. The average molecular weight is 546 g/mol. The molecular weight excluding hydrogens is 522 g/mol. The second-order valence-electron chi connectivity index (χ2n) is 8.46. The van der Waals surface area contributed by atoms with Gasteiger partial charge in [-0.05, 0) is 67.9 Å². The third-order valence-corrected chi connectivity index (χ3v) is 9.84. The Bertz CT molecular complexity index is 1520. The largest absolute Gasteiger partial charge is 0.456 e. The number of nitriles is 1. The Morgan fingerprint density at radius 3 is 2.00 bits per heavy atom. The van der Waals surface area contributed by atoms with Crippen LogP contribution in [0, 0.1) is 25.2 Å². The van der Waals surface area contributed by atoms with Gasteiger partial charge >= 0.3 is 0 Å². The molecular formula is C25H24ClN3O5S2. The number of ether oxygens (including phenoxy) is 1. The fourth-order valence-corrected chi connectivity index (χ4v) is 7.16. The molecule has 188 valence electrons. The second kappa shape index (κ2) is 10.2. The summed E-state index contributed by atoms with van der Waals surface area (Å²) in [5, 5.41) is 9.79. The molecule has 0 unspecified atom stereocenters. The van der Waals surface area contributed by atoms with Crippen LogP contribution < -0.4 is 4.74 Å². The van der Waals surface area contributed by atoms with Gasteiger partial charge in [-0.1, -0.05) is 29.3 Å². The molecule has 0 spiro atoms. The van der Waals surface area contributed by atoms with Gasteiger partial charge in [0, 0.05) is 31.2 Å². The molecule has 0 aliphatic carbocycles. The quantitative estimate of drug-likeness (QED) is 0.456. The van der Waals surface area contributed by atoms with Crippen molar-refractivity contribution >= 4 is 31.6 Å². The zero-order chi connectivity index (χ0) is 26.1. The van der Waals surface area contributed by atoms with Crippen molar-refractivity contribution in [3.8, 4) is 17.6 Å². The Morgan fingerprint density at radius 1 is 0.806 bits per heavy atom. The molecule has 1 saturated heterocycles. The Balaban J connectivity index is 1.60. The first-order chi connectivity index (χ1) is 17.0. The van der Waals surface area contributed by atoms with Gasteiger partial charge in [-0.2, -0.15) is 13.9 Å². The lowest BCUT2D eigenvalue weighted by molar-refractivity contribution is 0.272. The topological polar surface area (TPSA) is 108 Å². The summed E-state index contributed by atoms with van der Waals surface area (Å²) in [5.74, 6) is 0.403. The van der Waals surface area contributed by atoms with E-state index < -0.39 is 20.0 Å². The van der Waals surface area contributed by atoms with Gasteiger partial charge in [0.05, 0.1) is 16.5 Å². The Labute approximate surface area is 216 Å². The summed E-state index contributed by atoms with van der Waals surface area (Å²) in [6.45, 7) is 3.61. The van der Waals surface area contributed by atoms with Crippen molar-refractivity contribution in [3.63, 3.8) is 0 Å². The molecule has 36 heavy (non-hydrogen) atoms. The van der Waals surface area contributed by atoms with E-state index >= 15 is 0 Å². The predicted octanol–water partition coefficient (Wildman–Crippen LogP) is 4.32. The normalized spacial score (nSPS) is 15.4. The molecule has 0 saturated carbocycles. The van der Waals surface area contributed by atoms with Crippen LogP contribution in [-0.2, 0) is 20.0 Å². The van der Waals surface area contributed by atoms with Crippen molar-refractivity contribution in [3.05, 3.63) is 82.4 Å². The third-order valence-electron chi connectivity index (χ3n) is 5.79. The molecule has 0 atom stereocenters. The number of hydrogen-bond donors (Lipinski definition) is 0. The maximum Gasteiger partial charge on any atom is 0.246 e. The van der Waals surface area contributed by atoms with Crippen molar-refractivity contribution < 1.29 is 21.6 Å². The van der Waals surface area contributed by atoms with Gasteiger partial charge < -0.3 is 4.74 Å². The minimum Gasteiger partial charge on any atom is -0.456 e. The summed E-state index contributed by atoms with van der Waals surface area (Å²) in [4.78, 5) is -0.00681. The lowest BCUT2D eigenvalue weighted by atomic mass is 10.2. The Kier molecular flexibility index (Phi) is 7.41. The van der Waals surface area contributed by atoms with Crippen molar-refractivity contribution in [2.24, 2.45) is 0 Å². The summed E-state index contributed by atoms with van der Waals surface area (Å²) in [7, 11) is -7.85. The zero-order valence-corrected chi connectivity index (χ0v) is 22.1. The molecule has 3 aromatic rings. The lowest BCUT2D eigenvalue weighted by Gasteiger charge is -2.33. The molecule has 4 rings (SSSR count). The number of piperazine rings is 1. The van der Waals surface area contributed by atoms with E-state index in [9.17, 15) is 22.1 Å². The molecule has 11 heteroatoms. The molecule has 0 bridgehead atoms. The smallest absolute Gasteiger partial charge is 0.246 e. The van der Waals surface area contributed by atoms with Crippen LogP contribution in [0.3, 0.4) is 0 Å². The lowest BCUT2D eigenvalue weighted by Crippen LogP contribution is -2.50. The molecule has 1 heterocycles. The van der Waals surface area contributed by atoms with Crippen LogP contribution in [0.2, 0.25) is 5.02 Å². The number of aryl methyl sites for hydroxylation is 2. The van der Waals surface area contributed by atoms with E-state index in [-0.39, 0.29) is 47.3 Å². The molecule has 1 fully saturated rings. The molecule has 1 aliphatic heterocycles. The maximum absolute atomic E-state index is 13.6. The summed E-state index contributed by atoms with van der Waals surface area (Å²) >= 11 is 6.11. The molecule has 0 amide bonds. The number of nitrogens with zero attached hydrogens (tertiary/aromatic N) is 3. The molecule has 0 radical (unpaired) electrons. The van der Waals surface area contributed by atoms with Crippen LogP contribution in [0.15, 0.2) is 70.5 Å². The van der Waals surface area contributed by atoms with Gasteiger partial charge in [-0.25, -0.2) is 16.8 Å². The van der Waals surface area contributed by atoms with Gasteiger partial charge in [-0.15, -0.1) is 0 Å². The fraction of sp³-hybridized carbons (Fsp3) is 0.240. The van der Waals surface area contributed by atoms with Crippen LogP contribution in [0.4, 0.5) is 0 Å². The average Bonchev–Trinajstić information content (AvgIpc) is 2.84. The number of halogens is 1. The Morgan fingerprint density at radius 2 is 1.42 bits per heavy atom. The monoisotopic (exact) mass is 545 g/mol. The van der Waals surface area contributed by atoms with Crippen molar-refractivity contribution in [2.45, 2.75) is 23.6 Å². The van der Waals surface area contributed by atoms with Gasteiger partial charge in [0.25, 0.3) is 0 Å². The maximum atomic E-state index is 13.6. The van der Waals surface area contributed by atoms with E-state index in [1.165, 1.54) is 26.8 Å². The third kappa shape index (κ3) is 5.40. The molecule has 0 aromatic heterocycles. The van der Waals surface area contributed by atoms with E-state index in [1.54, 1.807) is 42.5 Å². The molecule has 1 aliphatic rings. The van der Waals surface area contributed by atoms with E-state index in [0.29, 0.717) is 10.8 Å². The van der Waals surface area contributed by atoms with Gasteiger partial charge in [-0.3, -0.25) is 0 Å². The van der Waals surface area contributed by atoms with Gasteiger partial charge in [0.2, 0.25) is 20.0 Å². The zero-order valence-electron chi connectivity index (χ0n) is 19.7. The van der Waals surface area contributed by atoms with E-state index in [2.05, 4.69) is 0 Å². The summed E-state index contributed by atoms with van der Waals surface area (Å²) in [6.07, 6.45) is 0. The predicted molar refractivity (Wildman–Crippen MR) is 136 cm³/mol. The highest BCUT2D eigenvalue weighted by Gasteiger charge is 2.35. The van der Waals surface area contributed by atoms with Crippen LogP contribution in [0.1, 0.15) is 16.7 Å². The standard InChI is InChI=1S/C25H24ClN3O5S2/c1-18-3-6-23(7-4-18)35(30,31)28-9-11-29(12-10-28)36(32,33)25-15-20(17-27)5-8-24(25)34-22-14-19(2)13-21(26)16-22/h3-8,13-16H,9-12H2,1-2H3. The Hall–Kier alpha value is -2.94. The first-order valence-corrected chi connectivity index (χ1v) is 14.3. The van der Waals surface area contributed by atoms with Crippen molar-refractivity contribution in [1.29, 1.82) is 5.26 Å². The SMILES string of the molecule is Cc1ccc(S(=O)(=O)N2CCN(S(=O)(=O)c3cc(C#N)ccc3Oc3cc(C)cc(Cl)c3)CC2)cc1. The molecule has 8 nitrogen and oxygen atoms in total. The summed E-state index contributed by atoms with van der Waals surface area (Å²) in [6, 6.07) is 17.7. The number of rotatable bonds is 6. The highest BCUT2D eigenvalue weighted by Crippen LogP contribution is 2.34. The highest BCUT2D eigenvalue weighted by atomic mass is 35.5. The van der Waals surface area contributed by atoms with Crippen LogP contribution in [0.5, 0.6) is 11.5 Å². The van der Waals surface area contributed by atoms with Crippen molar-refractivity contribution in [2.75, 3.05) is 26.2 Å². The molecule has 3 aromatic carbocycles. The van der Waals surface area contributed by atoms with Crippen molar-refractivity contribution in [1.82, 2.24) is 8.61 Å². The van der Waals surface area contributed by atoms with E-state index in [4.69, 9.17) is 16.3 Å². The van der Waals surface area contributed by atoms with Crippen LogP contribution in [0.25, 0.3) is 0 Å². The summed E-state index contributed by atoms with van der Waals surface area (Å²) in [5.41, 5.74) is 1.93. The van der Waals surface area contributed by atoms with Crippen LogP contribution in [-0.4, -0.2) is 51.6 Å². The fourth-order valence-electron chi connectivity index (χ4n) is 3.90. The first kappa shape index (κ1) is 26.1. The van der Waals surface area contributed by atoms with Gasteiger partial charge in [0.1, 0.15) is 16.4 Å².